The summed E-state index contributed by atoms with van der Waals surface area (Å²) in [4.78, 5) is 2.32. The molecule has 0 saturated carbocycles. The Morgan fingerprint density at radius 1 is 0.412 bits per heavy atom. The number of para-hydroxylation sites is 1. The van der Waals surface area contributed by atoms with Crippen LogP contribution in [-0.4, -0.2) is 0 Å². The first kappa shape index (κ1) is 20.7. The van der Waals surface area contributed by atoms with Crippen molar-refractivity contribution in [3.05, 3.63) is 138 Å². The molecule has 6 aromatic carbocycles. The summed E-state index contributed by atoms with van der Waals surface area (Å²) in [5.41, 5.74) is 5.86. The average Bonchev–Trinajstić information content (AvgIpc) is 2.90. The molecule has 1 nitrogen and oxygen atoms in total. The number of rotatable bonds is 4. The van der Waals surface area contributed by atoms with Crippen molar-refractivity contribution < 1.29 is 0 Å². The first-order valence-electron chi connectivity index (χ1n) is 11.4. The highest BCUT2D eigenvalue weighted by molar-refractivity contribution is 9.10. The smallest absolute Gasteiger partial charge is 0.0468 e. The molecule has 0 aromatic heterocycles. The molecule has 0 spiro atoms. The van der Waals surface area contributed by atoms with E-state index < -0.39 is 0 Å². The molecule has 0 aliphatic rings. The maximum atomic E-state index is 3.59. The van der Waals surface area contributed by atoms with Crippen molar-refractivity contribution in [2.24, 2.45) is 0 Å². The van der Waals surface area contributed by atoms with Crippen LogP contribution in [0.15, 0.2) is 138 Å². The van der Waals surface area contributed by atoms with E-state index in [4.69, 9.17) is 0 Å². The van der Waals surface area contributed by atoms with Crippen LogP contribution in [0.2, 0.25) is 0 Å². The monoisotopic (exact) mass is 499 g/mol. The minimum atomic E-state index is 1.10. The molecular weight excluding hydrogens is 478 g/mol. The molecule has 6 aromatic rings. The molecule has 0 N–H and O–H groups in total. The van der Waals surface area contributed by atoms with Crippen molar-refractivity contribution in [1.82, 2.24) is 0 Å². The SMILES string of the molecule is Brc1ccc2c(ccc3cc(N(c4ccccc4)c4ccc(-c5ccccc5)cc4)ccc32)c1. The van der Waals surface area contributed by atoms with Crippen molar-refractivity contribution in [3.8, 4) is 11.1 Å². The van der Waals surface area contributed by atoms with Crippen molar-refractivity contribution in [2.45, 2.75) is 0 Å². The van der Waals surface area contributed by atoms with Crippen LogP contribution in [0.1, 0.15) is 0 Å². The Bertz CT molecular complexity index is 1590. The van der Waals surface area contributed by atoms with Crippen molar-refractivity contribution in [1.29, 1.82) is 0 Å². The second-order valence-electron chi connectivity index (χ2n) is 8.42. The van der Waals surface area contributed by atoms with Gasteiger partial charge in [0.05, 0.1) is 0 Å². The fraction of sp³-hybridized carbons (Fsp3) is 0. The molecule has 0 fully saturated rings. The zero-order valence-corrected chi connectivity index (χ0v) is 20.1. The minimum Gasteiger partial charge on any atom is -0.310 e. The van der Waals surface area contributed by atoms with E-state index in [-0.39, 0.29) is 0 Å². The van der Waals surface area contributed by atoms with Gasteiger partial charge in [-0.05, 0) is 81.2 Å². The first-order valence-corrected chi connectivity index (χ1v) is 12.2. The van der Waals surface area contributed by atoms with Gasteiger partial charge in [0, 0.05) is 21.5 Å². The molecule has 0 aliphatic carbocycles. The van der Waals surface area contributed by atoms with Crippen molar-refractivity contribution in [3.63, 3.8) is 0 Å². The van der Waals surface area contributed by atoms with E-state index in [1.807, 2.05) is 0 Å². The molecule has 34 heavy (non-hydrogen) atoms. The normalized spacial score (nSPS) is 11.1. The Balaban J connectivity index is 1.47. The zero-order chi connectivity index (χ0) is 22.9. The minimum absolute atomic E-state index is 1.10. The molecular formula is C32H22BrN. The zero-order valence-electron chi connectivity index (χ0n) is 18.5. The van der Waals surface area contributed by atoms with Crippen LogP contribution in [0.3, 0.4) is 0 Å². The summed E-state index contributed by atoms with van der Waals surface area (Å²) in [5.74, 6) is 0. The molecule has 2 heteroatoms. The van der Waals surface area contributed by atoms with Crippen LogP contribution in [-0.2, 0) is 0 Å². The van der Waals surface area contributed by atoms with E-state index in [2.05, 4.69) is 154 Å². The molecule has 162 valence electrons. The Morgan fingerprint density at radius 2 is 0.941 bits per heavy atom. The highest BCUT2D eigenvalue weighted by Crippen LogP contribution is 2.38. The van der Waals surface area contributed by atoms with Crippen molar-refractivity contribution in [2.75, 3.05) is 4.90 Å². The van der Waals surface area contributed by atoms with E-state index in [1.165, 1.54) is 32.7 Å². The predicted octanol–water partition coefficient (Wildman–Crippen LogP) is 9.89. The summed E-state index contributed by atoms with van der Waals surface area (Å²) in [6, 6.07) is 47.5. The third-order valence-electron chi connectivity index (χ3n) is 6.29. The number of fused-ring (bicyclic) bond motifs is 3. The van der Waals surface area contributed by atoms with E-state index in [1.54, 1.807) is 0 Å². The Kier molecular flexibility index (Phi) is 5.37. The lowest BCUT2D eigenvalue weighted by Crippen LogP contribution is -2.09. The molecule has 0 radical (unpaired) electrons. The summed E-state index contributed by atoms with van der Waals surface area (Å²) in [6.07, 6.45) is 0. The molecule has 6 rings (SSSR count). The van der Waals surface area contributed by atoms with Gasteiger partial charge in [-0.1, -0.05) is 101 Å². The van der Waals surface area contributed by atoms with Crippen LogP contribution in [0.4, 0.5) is 17.1 Å². The third-order valence-corrected chi connectivity index (χ3v) is 6.78. The lowest BCUT2D eigenvalue weighted by atomic mass is 10.0. The third kappa shape index (κ3) is 3.87. The van der Waals surface area contributed by atoms with Gasteiger partial charge in [-0.2, -0.15) is 0 Å². The number of hydrogen-bond acceptors (Lipinski definition) is 1. The van der Waals surface area contributed by atoms with Gasteiger partial charge >= 0.3 is 0 Å². The standard InChI is InChI=1S/C32H22BrN/c33-27-15-19-31-25(21-27)11-12-26-22-30(18-20-32(26)31)34(28-9-5-2-6-10-28)29-16-13-24(14-17-29)23-7-3-1-4-8-23/h1-22H. The van der Waals surface area contributed by atoms with Crippen LogP contribution >= 0.6 is 15.9 Å². The molecule has 0 bridgehead atoms. The lowest BCUT2D eigenvalue weighted by Gasteiger charge is -2.26. The Hall–Kier alpha value is -3.88. The van der Waals surface area contributed by atoms with E-state index in [0.29, 0.717) is 0 Å². The van der Waals surface area contributed by atoms with Gasteiger partial charge in [0.2, 0.25) is 0 Å². The first-order chi connectivity index (χ1) is 16.8. The number of anilines is 3. The maximum absolute atomic E-state index is 3.59. The van der Waals surface area contributed by atoms with E-state index in [0.717, 1.165) is 21.5 Å². The number of hydrogen-bond donors (Lipinski definition) is 0. The van der Waals surface area contributed by atoms with E-state index >= 15 is 0 Å². The molecule has 0 saturated heterocycles. The Labute approximate surface area is 208 Å². The van der Waals surface area contributed by atoms with Gasteiger partial charge in [-0.3, -0.25) is 0 Å². The van der Waals surface area contributed by atoms with Gasteiger partial charge in [-0.15, -0.1) is 0 Å². The van der Waals surface area contributed by atoms with Gasteiger partial charge in [0.25, 0.3) is 0 Å². The van der Waals surface area contributed by atoms with Gasteiger partial charge < -0.3 is 4.90 Å². The number of nitrogens with zero attached hydrogens (tertiary/aromatic N) is 1. The van der Waals surface area contributed by atoms with Gasteiger partial charge in [0.1, 0.15) is 0 Å². The quantitative estimate of drug-likeness (QED) is 0.218. The summed E-state index contributed by atoms with van der Waals surface area (Å²) >= 11 is 3.59. The van der Waals surface area contributed by atoms with Crippen LogP contribution in [0.5, 0.6) is 0 Å². The molecule has 0 atom stereocenters. The molecule has 0 heterocycles. The predicted molar refractivity (Wildman–Crippen MR) is 149 cm³/mol. The van der Waals surface area contributed by atoms with Crippen LogP contribution in [0.25, 0.3) is 32.7 Å². The van der Waals surface area contributed by atoms with Gasteiger partial charge in [0.15, 0.2) is 0 Å². The fourth-order valence-electron chi connectivity index (χ4n) is 4.63. The van der Waals surface area contributed by atoms with Crippen LogP contribution < -0.4 is 4.90 Å². The number of halogens is 1. The number of benzene rings is 6. The highest BCUT2D eigenvalue weighted by Gasteiger charge is 2.13. The maximum Gasteiger partial charge on any atom is 0.0468 e. The van der Waals surface area contributed by atoms with Gasteiger partial charge in [-0.25, -0.2) is 0 Å². The van der Waals surface area contributed by atoms with E-state index in [9.17, 15) is 0 Å². The lowest BCUT2D eigenvalue weighted by molar-refractivity contribution is 1.29. The highest BCUT2D eigenvalue weighted by atomic mass is 79.9. The second-order valence-corrected chi connectivity index (χ2v) is 9.34. The second kappa shape index (κ2) is 8.81. The van der Waals surface area contributed by atoms with Crippen molar-refractivity contribution >= 4 is 54.5 Å². The summed E-state index contributed by atoms with van der Waals surface area (Å²) in [7, 11) is 0. The molecule has 0 aliphatic heterocycles. The average molecular weight is 500 g/mol. The van der Waals surface area contributed by atoms with Crippen LogP contribution in [0, 0.1) is 0 Å². The Morgan fingerprint density at radius 3 is 1.65 bits per heavy atom. The summed E-state index contributed by atoms with van der Waals surface area (Å²) < 4.78 is 1.10. The fourth-order valence-corrected chi connectivity index (χ4v) is 5.01. The molecule has 0 unspecified atom stereocenters. The largest absolute Gasteiger partial charge is 0.310 e. The summed E-state index contributed by atoms with van der Waals surface area (Å²) in [6.45, 7) is 0. The molecule has 0 amide bonds. The topological polar surface area (TPSA) is 3.24 Å². The summed E-state index contributed by atoms with van der Waals surface area (Å²) in [5, 5.41) is 5.01.